The summed E-state index contributed by atoms with van der Waals surface area (Å²) in [5.74, 6) is 2.48. The molecule has 2 aromatic carbocycles. The van der Waals surface area contributed by atoms with Gasteiger partial charge in [-0.05, 0) is 80.2 Å². The predicted octanol–water partition coefficient (Wildman–Crippen LogP) is 3.38. The zero-order chi connectivity index (χ0) is 16.8. The van der Waals surface area contributed by atoms with Crippen LogP contribution in [0.4, 0.5) is 0 Å². The lowest BCUT2D eigenvalue weighted by molar-refractivity contribution is 0.0933. The molecule has 2 rings (SSSR count). The van der Waals surface area contributed by atoms with E-state index in [0.717, 1.165) is 14.5 Å². The highest BCUT2D eigenvalue weighted by Crippen LogP contribution is 2.23. The maximum Gasteiger partial charge on any atom is 0.265 e. The van der Waals surface area contributed by atoms with Crippen LogP contribution in [0.5, 0.6) is 5.75 Å². The van der Waals surface area contributed by atoms with Gasteiger partial charge in [-0.25, -0.2) is 5.43 Å². The minimum absolute atomic E-state index is 0.189. The summed E-state index contributed by atoms with van der Waals surface area (Å²) >= 11 is 6.71. The van der Waals surface area contributed by atoms with E-state index in [1.165, 1.54) is 0 Å². The fraction of sp³-hybridized carbons (Fsp3) is 0.118. The van der Waals surface area contributed by atoms with Crippen molar-refractivity contribution in [3.63, 3.8) is 0 Å². The zero-order valence-electron chi connectivity index (χ0n) is 12.1. The van der Waals surface area contributed by atoms with Crippen LogP contribution in [0.15, 0.2) is 45.3 Å². The summed E-state index contributed by atoms with van der Waals surface area (Å²) in [4.78, 5) is 12.0. The average Bonchev–Trinajstić information content (AvgIpc) is 2.55. The van der Waals surface area contributed by atoms with Crippen LogP contribution in [0.2, 0.25) is 0 Å². The molecule has 3 N–H and O–H groups in total. The van der Waals surface area contributed by atoms with Crippen LogP contribution in [0.1, 0.15) is 21.5 Å². The molecule has 0 bridgehead atoms. The van der Waals surface area contributed by atoms with Crippen molar-refractivity contribution in [2.24, 2.45) is 0 Å². The molecule has 0 radical (unpaired) electrons. The second-order valence-corrected chi connectivity index (χ2v) is 6.46. The van der Waals surface area contributed by atoms with Crippen molar-refractivity contribution < 1.29 is 9.90 Å². The Morgan fingerprint density at radius 3 is 2.65 bits per heavy atom. The van der Waals surface area contributed by atoms with Gasteiger partial charge in [-0.1, -0.05) is 5.92 Å². The molecule has 118 valence electrons. The van der Waals surface area contributed by atoms with E-state index in [2.05, 4.69) is 48.6 Å². The standard InChI is InChI=1S/C17H14Br2N2O2/c1-2-11-3-6-16(22)12(9-11)7-8-20-21-17(23)13-4-5-14(18)15(19)10-13/h1,3-6,9-10,20,22H,7-8H2,(H,21,23). The summed E-state index contributed by atoms with van der Waals surface area (Å²) in [5, 5.41) is 9.78. The first-order valence-corrected chi connectivity index (χ1v) is 8.36. The number of terminal acetylenes is 1. The van der Waals surface area contributed by atoms with E-state index < -0.39 is 0 Å². The smallest absolute Gasteiger partial charge is 0.265 e. The fourth-order valence-electron chi connectivity index (χ4n) is 1.93. The van der Waals surface area contributed by atoms with Crippen LogP contribution < -0.4 is 10.9 Å². The first-order valence-electron chi connectivity index (χ1n) is 6.78. The lowest BCUT2D eigenvalue weighted by Crippen LogP contribution is -2.38. The molecule has 0 saturated heterocycles. The van der Waals surface area contributed by atoms with E-state index in [-0.39, 0.29) is 11.7 Å². The highest BCUT2D eigenvalue weighted by molar-refractivity contribution is 9.13. The lowest BCUT2D eigenvalue weighted by Gasteiger charge is -2.09. The number of carbonyl (C=O) groups is 1. The lowest BCUT2D eigenvalue weighted by atomic mass is 10.1. The van der Waals surface area contributed by atoms with Crippen LogP contribution in [0.3, 0.4) is 0 Å². The zero-order valence-corrected chi connectivity index (χ0v) is 15.2. The van der Waals surface area contributed by atoms with Gasteiger partial charge in [0.1, 0.15) is 5.75 Å². The summed E-state index contributed by atoms with van der Waals surface area (Å²) in [6.45, 7) is 0.463. The molecule has 1 amide bonds. The molecular weight excluding hydrogens is 424 g/mol. The number of hydrazine groups is 1. The summed E-state index contributed by atoms with van der Waals surface area (Å²) in [5.41, 5.74) is 7.43. The number of benzene rings is 2. The normalized spacial score (nSPS) is 10.1. The molecule has 0 spiro atoms. The van der Waals surface area contributed by atoms with Gasteiger partial charge in [-0.15, -0.1) is 6.42 Å². The number of nitrogens with one attached hydrogen (secondary N) is 2. The van der Waals surface area contributed by atoms with E-state index >= 15 is 0 Å². The van der Waals surface area contributed by atoms with Crippen LogP contribution in [-0.4, -0.2) is 17.6 Å². The average molecular weight is 438 g/mol. The number of hydrogen-bond donors (Lipinski definition) is 3. The summed E-state index contributed by atoms with van der Waals surface area (Å²) in [6.07, 6.45) is 5.87. The summed E-state index contributed by atoms with van der Waals surface area (Å²) < 4.78 is 1.69. The predicted molar refractivity (Wildman–Crippen MR) is 97.1 cm³/mol. The van der Waals surface area contributed by atoms with Crippen LogP contribution in [-0.2, 0) is 6.42 Å². The van der Waals surface area contributed by atoms with Gasteiger partial charge in [0.2, 0.25) is 0 Å². The molecule has 0 atom stereocenters. The Bertz CT molecular complexity index is 770. The van der Waals surface area contributed by atoms with Gasteiger partial charge < -0.3 is 5.11 Å². The maximum absolute atomic E-state index is 12.0. The topological polar surface area (TPSA) is 61.4 Å². The molecule has 0 aliphatic heterocycles. The molecule has 0 fully saturated rings. The van der Waals surface area contributed by atoms with Crippen LogP contribution in [0.25, 0.3) is 0 Å². The highest BCUT2D eigenvalue weighted by Gasteiger charge is 2.07. The molecule has 4 nitrogen and oxygen atoms in total. The molecule has 0 aliphatic carbocycles. The Labute approximate surface area is 151 Å². The first-order chi connectivity index (χ1) is 11.0. The van der Waals surface area contributed by atoms with Crippen molar-refractivity contribution in [2.45, 2.75) is 6.42 Å². The molecular formula is C17H14Br2N2O2. The number of amides is 1. The van der Waals surface area contributed by atoms with E-state index in [1.54, 1.807) is 36.4 Å². The third kappa shape index (κ3) is 4.83. The summed E-state index contributed by atoms with van der Waals surface area (Å²) in [6, 6.07) is 10.2. The Morgan fingerprint density at radius 1 is 1.17 bits per heavy atom. The molecule has 0 heterocycles. The number of rotatable bonds is 5. The number of hydrogen-bond acceptors (Lipinski definition) is 3. The van der Waals surface area contributed by atoms with E-state index in [4.69, 9.17) is 6.42 Å². The van der Waals surface area contributed by atoms with Crippen molar-refractivity contribution >= 4 is 37.8 Å². The molecule has 23 heavy (non-hydrogen) atoms. The van der Waals surface area contributed by atoms with Crippen molar-refractivity contribution in [3.8, 4) is 18.1 Å². The Balaban J connectivity index is 1.87. The Morgan fingerprint density at radius 2 is 1.96 bits per heavy atom. The third-order valence-corrected chi connectivity index (χ3v) is 5.03. The van der Waals surface area contributed by atoms with Gasteiger partial charge in [0.25, 0.3) is 5.91 Å². The maximum atomic E-state index is 12.0. The van der Waals surface area contributed by atoms with Crippen molar-refractivity contribution in [2.75, 3.05) is 6.54 Å². The highest BCUT2D eigenvalue weighted by atomic mass is 79.9. The molecule has 0 aliphatic rings. The van der Waals surface area contributed by atoms with Crippen molar-refractivity contribution in [1.29, 1.82) is 0 Å². The van der Waals surface area contributed by atoms with Gasteiger partial charge in [0.05, 0.1) is 0 Å². The van der Waals surface area contributed by atoms with E-state index in [1.807, 2.05) is 0 Å². The van der Waals surface area contributed by atoms with Gasteiger partial charge in [0.15, 0.2) is 0 Å². The van der Waals surface area contributed by atoms with Crippen LogP contribution in [0, 0.1) is 12.3 Å². The van der Waals surface area contributed by atoms with Crippen molar-refractivity contribution in [3.05, 3.63) is 62.0 Å². The number of aromatic hydroxyl groups is 1. The molecule has 6 heteroatoms. The van der Waals surface area contributed by atoms with Crippen LogP contribution >= 0.6 is 31.9 Å². The molecule has 0 unspecified atom stereocenters. The van der Waals surface area contributed by atoms with Crippen molar-refractivity contribution in [1.82, 2.24) is 10.9 Å². The minimum Gasteiger partial charge on any atom is -0.508 e. The number of phenolic OH excluding ortho intramolecular Hbond substituents is 1. The molecule has 2 aromatic rings. The number of halogens is 2. The van der Waals surface area contributed by atoms with Gasteiger partial charge in [-0.3, -0.25) is 10.2 Å². The van der Waals surface area contributed by atoms with E-state index in [0.29, 0.717) is 24.1 Å². The quantitative estimate of drug-likeness (QED) is 0.381. The monoisotopic (exact) mass is 436 g/mol. The Kier molecular flexibility index (Phi) is 6.22. The largest absolute Gasteiger partial charge is 0.508 e. The Hall–Kier alpha value is -1.81. The van der Waals surface area contributed by atoms with Gasteiger partial charge in [-0.2, -0.15) is 0 Å². The number of carbonyl (C=O) groups excluding carboxylic acids is 1. The minimum atomic E-state index is -0.236. The third-order valence-electron chi connectivity index (χ3n) is 3.15. The molecule has 0 saturated carbocycles. The second-order valence-electron chi connectivity index (χ2n) is 4.75. The SMILES string of the molecule is C#Cc1ccc(O)c(CCNNC(=O)c2ccc(Br)c(Br)c2)c1. The first kappa shape index (κ1) is 17.5. The van der Waals surface area contributed by atoms with E-state index in [9.17, 15) is 9.90 Å². The van der Waals surface area contributed by atoms with Gasteiger partial charge >= 0.3 is 0 Å². The fourth-order valence-corrected chi connectivity index (χ4v) is 2.55. The van der Waals surface area contributed by atoms with Gasteiger partial charge in [0, 0.05) is 26.6 Å². The summed E-state index contributed by atoms with van der Waals surface area (Å²) in [7, 11) is 0. The number of phenols is 1. The second kappa shape index (κ2) is 8.16. The molecule has 0 aromatic heterocycles.